The van der Waals surface area contributed by atoms with Crippen molar-refractivity contribution in [1.82, 2.24) is 4.90 Å². The fraction of sp³-hybridized carbons (Fsp3) is 0.933. The van der Waals surface area contributed by atoms with Crippen LogP contribution in [0.15, 0.2) is 0 Å². The lowest BCUT2D eigenvalue weighted by atomic mass is 9.87. The van der Waals surface area contributed by atoms with Crippen LogP contribution in [-0.4, -0.2) is 47.8 Å². The third kappa shape index (κ3) is 2.19. The van der Waals surface area contributed by atoms with E-state index in [-0.39, 0.29) is 11.5 Å². The van der Waals surface area contributed by atoms with Gasteiger partial charge in [0.1, 0.15) is 11.1 Å². The second-order valence-electron chi connectivity index (χ2n) is 7.23. The summed E-state index contributed by atoms with van der Waals surface area (Å²) in [4.78, 5) is 15.1. The van der Waals surface area contributed by atoms with Crippen molar-refractivity contribution in [3.05, 3.63) is 0 Å². The monoisotopic (exact) mass is 267 g/mol. The SMILES string of the molecule is CC(C)(C)OC(=O)[C@@]12CCCN1[C@H]1CCOC[C@H]1C2. The molecule has 4 nitrogen and oxygen atoms in total. The Hall–Kier alpha value is -0.610. The predicted molar refractivity (Wildman–Crippen MR) is 71.8 cm³/mol. The smallest absolute Gasteiger partial charge is 0.327 e. The minimum absolute atomic E-state index is 0.00750. The molecule has 3 atom stereocenters. The Kier molecular flexibility index (Phi) is 3.13. The van der Waals surface area contributed by atoms with Crippen LogP contribution in [0.2, 0.25) is 0 Å². The molecule has 0 aromatic heterocycles. The number of nitrogens with zero attached hydrogens (tertiary/aromatic N) is 1. The van der Waals surface area contributed by atoms with Gasteiger partial charge in [-0.25, -0.2) is 0 Å². The zero-order chi connectivity index (χ0) is 13.7. The van der Waals surface area contributed by atoms with Gasteiger partial charge < -0.3 is 9.47 Å². The molecule has 19 heavy (non-hydrogen) atoms. The number of rotatable bonds is 1. The number of esters is 1. The van der Waals surface area contributed by atoms with E-state index in [0.717, 1.165) is 45.4 Å². The molecule has 3 heterocycles. The number of ether oxygens (including phenoxy) is 2. The summed E-state index contributed by atoms with van der Waals surface area (Å²) in [5, 5.41) is 0. The minimum Gasteiger partial charge on any atom is -0.459 e. The van der Waals surface area contributed by atoms with E-state index < -0.39 is 5.60 Å². The molecule has 3 aliphatic heterocycles. The van der Waals surface area contributed by atoms with Crippen molar-refractivity contribution in [2.75, 3.05) is 19.8 Å². The first kappa shape index (κ1) is 13.4. The normalized spacial score (nSPS) is 38.9. The van der Waals surface area contributed by atoms with Gasteiger partial charge in [-0.05, 0) is 53.0 Å². The third-order valence-corrected chi connectivity index (χ3v) is 4.75. The fourth-order valence-corrected chi connectivity index (χ4v) is 4.10. The Morgan fingerprint density at radius 1 is 1.42 bits per heavy atom. The number of carbonyl (C=O) groups is 1. The van der Waals surface area contributed by atoms with Crippen LogP contribution in [0.25, 0.3) is 0 Å². The maximum absolute atomic E-state index is 12.7. The maximum atomic E-state index is 12.7. The van der Waals surface area contributed by atoms with E-state index in [9.17, 15) is 4.79 Å². The molecular formula is C15H25NO3. The molecule has 4 heteroatoms. The van der Waals surface area contributed by atoms with E-state index in [4.69, 9.17) is 9.47 Å². The van der Waals surface area contributed by atoms with Crippen LogP contribution < -0.4 is 0 Å². The molecule has 3 saturated heterocycles. The van der Waals surface area contributed by atoms with Gasteiger partial charge in [0.05, 0.1) is 6.61 Å². The van der Waals surface area contributed by atoms with E-state index in [1.807, 2.05) is 20.8 Å². The van der Waals surface area contributed by atoms with Gasteiger partial charge in [0.2, 0.25) is 0 Å². The van der Waals surface area contributed by atoms with Crippen molar-refractivity contribution in [2.24, 2.45) is 5.92 Å². The average molecular weight is 267 g/mol. The minimum atomic E-state index is -0.398. The van der Waals surface area contributed by atoms with Crippen LogP contribution in [0.3, 0.4) is 0 Å². The molecule has 0 aromatic carbocycles. The molecule has 108 valence electrons. The van der Waals surface area contributed by atoms with Gasteiger partial charge in [-0.15, -0.1) is 0 Å². The number of hydrogen-bond donors (Lipinski definition) is 0. The Balaban J connectivity index is 1.83. The molecule has 3 fully saturated rings. The summed E-state index contributed by atoms with van der Waals surface area (Å²) in [5.74, 6) is 0.508. The standard InChI is InChI=1S/C15H25NO3/c1-14(2,3)19-13(17)15-6-4-7-16(15)12-5-8-18-10-11(12)9-15/h11-12H,4-10H2,1-3H3/t11-,12+,15+/m1/s1. The number of hydrogen-bond acceptors (Lipinski definition) is 4. The molecule has 3 aliphatic rings. The zero-order valence-electron chi connectivity index (χ0n) is 12.3. The van der Waals surface area contributed by atoms with Gasteiger partial charge in [0, 0.05) is 18.6 Å². The topological polar surface area (TPSA) is 38.8 Å². The first-order chi connectivity index (χ1) is 8.92. The van der Waals surface area contributed by atoms with Crippen LogP contribution in [-0.2, 0) is 14.3 Å². The van der Waals surface area contributed by atoms with Crippen molar-refractivity contribution in [1.29, 1.82) is 0 Å². The molecule has 0 unspecified atom stereocenters. The Labute approximate surface area is 115 Å². The van der Waals surface area contributed by atoms with Gasteiger partial charge in [0.25, 0.3) is 0 Å². The van der Waals surface area contributed by atoms with Gasteiger partial charge in [-0.1, -0.05) is 0 Å². The summed E-state index contributed by atoms with van der Waals surface area (Å²) >= 11 is 0. The lowest BCUT2D eigenvalue weighted by Gasteiger charge is -2.36. The highest BCUT2D eigenvalue weighted by Crippen LogP contribution is 2.48. The molecule has 0 radical (unpaired) electrons. The highest BCUT2D eigenvalue weighted by molar-refractivity contribution is 5.82. The van der Waals surface area contributed by atoms with E-state index in [1.165, 1.54) is 0 Å². The van der Waals surface area contributed by atoms with Gasteiger partial charge in [0.15, 0.2) is 0 Å². The summed E-state index contributed by atoms with van der Waals surface area (Å²) < 4.78 is 11.3. The Bertz CT molecular complexity index is 376. The van der Waals surface area contributed by atoms with E-state index >= 15 is 0 Å². The lowest BCUT2D eigenvalue weighted by molar-refractivity contribution is -0.167. The van der Waals surface area contributed by atoms with Crippen molar-refractivity contribution >= 4 is 5.97 Å². The Morgan fingerprint density at radius 3 is 2.95 bits per heavy atom. The summed E-state index contributed by atoms with van der Waals surface area (Å²) in [6.07, 6.45) is 4.06. The fourth-order valence-electron chi connectivity index (χ4n) is 4.10. The molecular weight excluding hydrogens is 242 g/mol. The van der Waals surface area contributed by atoms with Gasteiger partial charge in [-0.3, -0.25) is 9.69 Å². The first-order valence-electron chi connectivity index (χ1n) is 7.50. The number of carbonyl (C=O) groups excluding carboxylic acids is 1. The zero-order valence-corrected chi connectivity index (χ0v) is 12.3. The highest BCUT2D eigenvalue weighted by Gasteiger charge is 2.59. The summed E-state index contributed by atoms with van der Waals surface area (Å²) in [5.41, 5.74) is -0.749. The largest absolute Gasteiger partial charge is 0.459 e. The van der Waals surface area contributed by atoms with Crippen LogP contribution in [0.4, 0.5) is 0 Å². The molecule has 3 rings (SSSR count). The van der Waals surface area contributed by atoms with Crippen LogP contribution >= 0.6 is 0 Å². The maximum Gasteiger partial charge on any atom is 0.327 e. The molecule has 0 aliphatic carbocycles. The molecule has 0 saturated carbocycles. The molecule has 0 aromatic rings. The Morgan fingerprint density at radius 2 is 2.21 bits per heavy atom. The van der Waals surface area contributed by atoms with Gasteiger partial charge in [-0.2, -0.15) is 0 Å². The van der Waals surface area contributed by atoms with Crippen molar-refractivity contribution in [3.63, 3.8) is 0 Å². The lowest BCUT2D eigenvalue weighted by Crippen LogP contribution is -2.51. The van der Waals surface area contributed by atoms with Crippen LogP contribution in [0.1, 0.15) is 46.5 Å². The molecule has 0 N–H and O–H groups in total. The van der Waals surface area contributed by atoms with Crippen molar-refractivity contribution in [3.8, 4) is 0 Å². The highest BCUT2D eigenvalue weighted by atomic mass is 16.6. The summed E-state index contributed by atoms with van der Waals surface area (Å²) in [6.45, 7) is 8.54. The average Bonchev–Trinajstić information content (AvgIpc) is 2.83. The second kappa shape index (κ2) is 4.45. The van der Waals surface area contributed by atoms with Crippen LogP contribution in [0, 0.1) is 5.92 Å². The van der Waals surface area contributed by atoms with Gasteiger partial charge >= 0.3 is 5.97 Å². The summed E-state index contributed by atoms with van der Waals surface area (Å²) in [6, 6.07) is 0.531. The first-order valence-corrected chi connectivity index (χ1v) is 7.50. The van der Waals surface area contributed by atoms with Crippen LogP contribution in [0.5, 0.6) is 0 Å². The summed E-state index contributed by atoms with van der Waals surface area (Å²) in [7, 11) is 0. The molecule has 0 spiro atoms. The number of fused-ring (bicyclic) bond motifs is 3. The van der Waals surface area contributed by atoms with E-state index in [0.29, 0.717) is 12.0 Å². The van der Waals surface area contributed by atoms with Crippen molar-refractivity contribution in [2.45, 2.75) is 63.6 Å². The second-order valence-corrected chi connectivity index (χ2v) is 7.23. The molecule has 0 bridgehead atoms. The third-order valence-electron chi connectivity index (χ3n) is 4.75. The molecule has 0 amide bonds. The quantitative estimate of drug-likeness (QED) is 0.681. The van der Waals surface area contributed by atoms with E-state index in [2.05, 4.69) is 4.90 Å². The predicted octanol–water partition coefficient (Wildman–Crippen LogP) is 1.97. The van der Waals surface area contributed by atoms with E-state index in [1.54, 1.807) is 0 Å². The van der Waals surface area contributed by atoms with Crippen molar-refractivity contribution < 1.29 is 14.3 Å².